The predicted octanol–water partition coefficient (Wildman–Crippen LogP) is 1.36. The van der Waals surface area contributed by atoms with Crippen molar-refractivity contribution < 1.29 is 0 Å². The van der Waals surface area contributed by atoms with Gasteiger partial charge in [-0.3, -0.25) is 0 Å². The molecule has 0 bridgehead atoms. The average molecular weight is 235 g/mol. The van der Waals surface area contributed by atoms with E-state index in [2.05, 4.69) is 20.6 Å². The molecule has 0 unspecified atom stereocenters. The summed E-state index contributed by atoms with van der Waals surface area (Å²) in [4.78, 5) is 8.24. The number of aromatic nitrogens is 2. The van der Waals surface area contributed by atoms with Crippen LogP contribution >= 0.6 is 11.3 Å². The van der Waals surface area contributed by atoms with Gasteiger partial charge in [-0.25, -0.2) is 4.98 Å². The van der Waals surface area contributed by atoms with E-state index in [4.69, 9.17) is 11.5 Å². The smallest absolute Gasteiger partial charge is 0.212 e. The monoisotopic (exact) mass is 235 g/mol. The molecule has 0 saturated carbocycles. The third-order valence-corrected chi connectivity index (χ3v) is 3.00. The molecule has 2 aromatic rings. The van der Waals surface area contributed by atoms with Crippen LogP contribution in [0.15, 0.2) is 22.6 Å². The van der Waals surface area contributed by atoms with Crippen LogP contribution in [0.4, 0.5) is 5.13 Å². The lowest BCUT2D eigenvalue weighted by Crippen LogP contribution is -2.21. The van der Waals surface area contributed by atoms with Gasteiger partial charge in [0.25, 0.3) is 0 Å². The van der Waals surface area contributed by atoms with Crippen LogP contribution in [0.2, 0.25) is 0 Å². The Morgan fingerprint density at radius 2 is 2.25 bits per heavy atom. The fourth-order valence-corrected chi connectivity index (χ4v) is 2.09. The van der Waals surface area contributed by atoms with Crippen LogP contribution in [0, 0.1) is 6.92 Å². The highest BCUT2D eigenvalue weighted by Crippen LogP contribution is 2.27. The van der Waals surface area contributed by atoms with Crippen molar-refractivity contribution in [1.82, 2.24) is 9.55 Å². The molecule has 0 radical (unpaired) electrons. The molecule has 0 fully saturated rings. The minimum Gasteiger partial charge on any atom is -0.370 e. The first-order valence-electron chi connectivity index (χ1n) is 4.75. The lowest BCUT2D eigenvalue weighted by molar-refractivity contribution is 0.883. The molecule has 0 amide bonds. The second-order valence-electron chi connectivity index (χ2n) is 3.53. The number of nitrogens with zero attached hydrogens (tertiary/aromatic N) is 3. The molecule has 84 valence electrons. The van der Waals surface area contributed by atoms with Gasteiger partial charge in [-0.15, -0.1) is 11.3 Å². The summed E-state index contributed by atoms with van der Waals surface area (Å²) in [7, 11) is 2.00. The van der Waals surface area contributed by atoms with Crippen molar-refractivity contribution in [2.24, 2.45) is 23.5 Å². The van der Waals surface area contributed by atoms with Crippen molar-refractivity contribution in [2.45, 2.75) is 6.92 Å². The Bertz CT molecular complexity index is 514. The Balaban J connectivity index is 2.35. The maximum Gasteiger partial charge on any atom is 0.212 e. The number of rotatable bonds is 2. The highest BCUT2D eigenvalue weighted by atomic mass is 32.1. The summed E-state index contributed by atoms with van der Waals surface area (Å²) in [6.07, 6.45) is 2.03. The van der Waals surface area contributed by atoms with Gasteiger partial charge in [-0.2, -0.15) is 4.99 Å². The predicted molar refractivity (Wildman–Crippen MR) is 66.7 cm³/mol. The third-order valence-electron chi connectivity index (χ3n) is 2.27. The second-order valence-corrected chi connectivity index (χ2v) is 4.37. The summed E-state index contributed by atoms with van der Waals surface area (Å²) < 4.78 is 2.05. The van der Waals surface area contributed by atoms with E-state index in [1.54, 1.807) is 0 Å². The third kappa shape index (κ3) is 2.06. The highest BCUT2D eigenvalue weighted by Gasteiger charge is 2.06. The zero-order valence-electron chi connectivity index (χ0n) is 9.14. The van der Waals surface area contributed by atoms with Crippen molar-refractivity contribution in [2.75, 3.05) is 0 Å². The number of hydrogen-bond acceptors (Lipinski definition) is 3. The summed E-state index contributed by atoms with van der Waals surface area (Å²) >= 11 is 1.42. The van der Waals surface area contributed by atoms with Crippen LogP contribution in [-0.4, -0.2) is 15.5 Å². The first kappa shape index (κ1) is 10.7. The molecule has 2 aromatic heterocycles. The molecule has 16 heavy (non-hydrogen) atoms. The Hall–Kier alpha value is -1.82. The van der Waals surface area contributed by atoms with Crippen LogP contribution in [0.1, 0.15) is 5.69 Å². The Labute approximate surface area is 97.4 Å². The fraction of sp³-hybridized carbons (Fsp3) is 0.200. The second kappa shape index (κ2) is 3.97. The van der Waals surface area contributed by atoms with Gasteiger partial charge in [-0.1, -0.05) is 0 Å². The number of guanidine groups is 1. The summed E-state index contributed by atoms with van der Waals surface area (Å²) in [5, 5.41) is 2.52. The molecule has 0 atom stereocenters. The molecular weight excluding hydrogens is 222 g/mol. The number of thiazole rings is 1. The van der Waals surface area contributed by atoms with Crippen LogP contribution < -0.4 is 11.5 Å². The number of nitrogens with two attached hydrogens (primary N) is 2. The largest absolute Gasteiger partial charge is 0.370 e. The van der Waals surface area contributed by atoms with Gasteiger partial charge in [0.2, 0.25) is 5.13 Å². The zero-order valence-corrected chi connectivity index (χ0v) is 9.95. The van der Waals surface area contributed by atoms with E-state index in [1.807, 2.05) is 25.5 Å². The van der Waals surface area contributed by atoms with Crippen LogP contribution in [0.25, 0.3) is 11.3 Å². The lowest BCUT2D eigenvalue weighted by atomic mass is 10.2. The molecule has 0 aliphatic heterocycles. The van der Waals surface area contributed by atoms with Gasteiger partial charge >= 0.3 is 0 Å². The Morgan fingerprint density at radius 3 is 2.81 bits per heavy atom. The molecular formula is C10H13N5S. The molecule has 6 heteroatoms. The summed E-state index contributed by atoms with van der Waals surface area (Å²) in [5.74, 6) is 0.0325. The zero-order chi connectivity index (χ0) is 11.7. The van der Waals surface area contributed by atoms with E-state index in [-0.39, 0.29) is 5.96 Å². The van der Waals surface area contributed by atoms with E-state index in [0.29, 0.717) is 5.13 Å². The van der Waals surface area contributed by atoms with Crippen molar-refractivity contribution in [3.63, 3.8) is 0 Å². The van der Waals surface area contributed by atoms with Gasteiger partial charge in [-0.05, 0) is 13.0 Å². The van der Waals surface area contributed by atoms with Crippen molar-refractivity contribution >= 4 is 22.4 Å². The van der Waals surface area contributed by atoms with Gasteiger partial charge < -0.3 is 16.0 Å². The summed E-state index contributed by atoms with van der Waals surface area (Å²) in [5.41, 5.74) is 13.7. The molecule has 0 saturated heterocycles. The van der Waals surface area contributed by atoms with Gasteiger partial charge in [0.05, 0.1) is 5.69 Å². The summed E-state index contributed by atoms with van der Waals surface area (Å²) in [6.45, 7) is 2.05. The van der Waals surface area contributed by atoms with Crippen molar-refractivity contribution in [3.8, 4) is 11.3 Å². The summed E-state index contributed by atoms with van der Waals surface area (Å²) in [6, 6.07) is 2.08. The standard InChI is InChI=1S/C10H13N5S/c1-6-3-7(4-15(6)2)8-5-16-10(13-8)14-9(11)12/h3-5H,1-2H3,(H4,11,12,13,14). The van der Waals surface area contributed by atoms with E-state index >= 15 is 0 Å². The number of aryl methyl sites for hydroxylation is 2. The van der Waals surface area contributed by atoms with Crippen LogP contribution in [0.5, 0.6) is 0 Å². The van der Waals surface area contributed by atoms with Crippen molar-refractivity contribution in [1.29, 1.82) is 0 Å². The molecule has 2 rings (SSSR count). The van der Waals surface area contributed by atoms with Crippen LogP contribution in [-0.2, 0) is 7.05 Å². The van der Waals surface area contributed by atoms with E-state index in [1.165, 1.54) is 17.0 Å². The maximum absolute atomic E-state index is 5.29. The van der Waals surface area contributed by atoms with Crippen LogP contribution in [0.3, 0.4) is 0 Å². The highest BCUT2D eigenvalue weighted by molar-refractivity contribution is 7.13. The maximum atomic E-state index is 5.29. The SMILES string of the molecule is Cc1cc(-c2csc(N=C(N)N)n2)cn1C. The van der Waals surface area contributed by atoms with Gasteiger partial charge in [0.1, 0.15) is 0 Å². The topological polar surface area (TPSA) is 82.2 Å². The van der Waals surface area contributed by atoms with Gasteiger partial charge in [0, 0.05) is 29.9 Å². The molecule has 0 aromatic carbocycles. The number of hydrogen-bond donors (Lipinski definition) is 2. The first-order valence-corrected chi connectivity index (χ1v) is 5.62. The first-order chi connectivity index (χ1) is 7.56. The Kier molecular flexibility index (Phi) is 2.66. The molecule has 0 aliphatic rings. The van der Waals surface area contributed by atoms with E-state index < -0.39 is 0 Å². The number of aliphatic imine (C=N–C) groups is 1. The van der Waals surface area contributed by atoms with Crippen molar-refractivity contribution in [3.05, 3.63) is 23.3 Å². The van der Waals surface area contributed by atoms with E-state index in [9.17, 15) is 0 Å². The van der Waals surface area contributed by atoms with Gasteiger partial charge in [0.15, 0.2) is 5.96 Å². The molecule has 0 aliphatic carbocycles. The molecule has 2 heterocycles. The Morgan fingerprint density at radius 1 is 1.50 bits per heavy atom. The molecule has 0 spiro atoms. The fourth-order valence-electron chi connectivity index (χ4n) is 1.37. The lowest BCUT2D eigenvalue weighted by Gasteiger charge is -1.90. The average Bonchev–Trinajstić information content (AvgIpc) is 2.74. The quantitative estimate of drug-likeness (QED) is 0.609. The molecule has 5 nitrogen and oxygen atoms in total. The molecule has 4 N–H and O–H groups in total. The normalized spacial score (nSPS) is 10.4. The minimum atomic E-state index is 0.0325. The minimum absolute atomic E-state index is 0.0325. The van der Waals surface area contributed by atoms with E-state index in [0.717, 1.165) is 11.3 Å².